The smallest absolute Gasteiger partial charge is 0.325 e. The zero-order chi connectivity index (χ0) is 37.7. The second-order valence-corrected chi connectivity index (χ2v) is 12.8. The summed E-state index contributed by atoms with van der Waals surface area (Å²) in [7, 11) is 1.35. The standard InChI is InChI=1S/C26H24F3N5O2.C9H13F3NOP/c1-17-14-30-16-33(17)21-9-7-18(8-10-21)23-24(36)34(25(32-23)11-2-3-12-25)15-22(35)31-20-6-4-5-19(13-20)26(27,28)29;1-4-8(9(10,11)15)5-6(2)13(12)7(3)14/h4-10,13-14,16H,2-3,11-12,15H2,1H3,(H,31,35);4-5H,15H2,1-3H3/b;6-5+,8-4+. The van der Waals surface area contributed by atoms with Crippen LogP contribution in [0.25, 0.3) is 5.69 Å². The summed E-state index contributed by atoms with van der Waals surface area (Å²) in [5, 5.41) is 2.32. The minimum Gasteiger partial charge on any atom is -0.325 e. The predicted molar refractivity (Wildman–Crippen MR) is 184 cm³/mol. The molecule has 1 aliphatic carbocycles. The molecule has 0 bridgehead atoms. The number of aromatic nitrogens is 2. The van der Waals surface area contributed by atoms with Gasteiger partial charge in [-0.05, 0) is 82.9 Å². The molecule has 1 fully saturated rings. The topological polar surface area (TPSA) is 99.9 Å². The molecule has 9 nitrogen and oxygen atoms in total. The van der Waals surface area contributed by atoms with Crippen LogP contribution in [0.2, 0.25) is 0 Å². The first-order chi connectivity index (χ1) is 23.9. The fourth-order valence-electron chi connectivity index (χ4n) is 5.79. The fourth-order valence-corrected chi connectivity index (χ4v) is 6.04. The number of allylic oxidation sites excluding steroid dienone is 4. The molecule has 2 heterocycles. The second-order valence-electron chi connectivity index (χ2n) is 12.1. The third-order valence-electron chi connectivity index (χ3n) is 8.34. The van der Waals surface area contributed by atoms with E-state index in [1.807, 2.05) is 35.8 Å². The molecular weight excluding hydrogens is 697 g/mol. The molecule has 16 heteroatoms. The molecular formula is C35H37F6N6O3P. The lowest BCUT2D eigenvalue weighted by molar-refractivity contribution is -0.139. The fraction of sp³-hybridized carbons (Fsp3) is 0.343. The van der Waals surface area contributed by atoms with Crippen LogP contribution in [-0.4, -0.2) is 60.9 Å². The van der Waals surface area contributed by atoms with Crippen LogP contribution in [0.15, 0.2) is 89.5 Å². The van der Waals surface area contributed by atoms with Gasteiger partial charge in [0.25, 0.3) is 17.5 Å². The molecule has 3 aromatic rings. The molecule has 1 spiro atoms. The summed E-state index contributed by atoms with van der Waals surface area (Å²) in [4.78, 5) is 47.3. The number of nitrogens with zero attached hydrogens (tertiary/aromatic N) is 5. The highest BCUT2D eigenvalue weighted by molar-refractivity contribution is 7.18. The van der Waals surface area contributed by atoms with Crippen LogP contribution in [0.3, 0.4) is 0 Å². The number of hydrogen-bond donors (Lipinski definition) is 1. The van der Waals surface area contributed by atoms with Gasteiger partial charge in [-0.2, -0.15) is 22.0 Å². The van der Waals surface area contributed by atoms with Gasteiger partial charge >= 0.3 is 6.18 Å². The summed E-state index contributed by atoms with van der Waals surface area (Å²) < 4.78 is 79.6. The van der Waals surface area contributed by atoms with Crippen molar-refractivity contribution in [2.75, 3.05) is 11.9 Å². The number of aryl methyl sites for hydroxylation is 1. The molecule has 3 amide bonds. The number of benzene rings is 2. The van der Waals surface area contributed by atoms with Gasteiger partial charge in [-0.25, -0.2) is 4.98 Å². The number of rotatable bonds is 8. The first-order valence-corrected chi connectivity index (χ1v) is 16.4. The van der Waals surface area contributed by atoms with Crippen LogP contribution in [-0.2, 0) is 20.6 Å². The zero-order valence-corrected chi connectivity index (χ0v) is 29.4. The van der Waals surface area contributed by atoms with E-state index in [9.17, 15) is 40.8 Å². The van der Waals surface area contributed by atoms with E-state index in [2.05, 4.69) is 10.3 Å². The summed E-state index contributed by atoms with van der Waals surface area (Å²) in [5.74, 6) is -1.79. The number of halogens is 6. The Morgan fingerprint density at radius 3 is 2.24 bits per heavy atom. The number of imidazole rings is 1. The SMILES string of the molecule is C/C=C(\C=C(/C)N(F)C(C)=O)C(F)(F)P.Cc1cncn1-c1ccc(C2=NC3(CCCC3)N(CC(=O)Nc3cccc(C(F)(F)F)c3)C2=O)cc1. The van der Waals surface area contributed by atoms with Crippen LogP contribution >= 0.6 is 9.24 Å². The Hall–Kier alpha value is -4.78. The third-order valence-corrected chi connectivity index (χ3v) is 8.67. The van der Waals surface area contributed by atoms with E-state index >= 15 is 0 Å². The first-order valence-electron chi connectivity index (χ1n) is 15.8. The first kappa shape index (κ1) is 39.0. The molecule has 1 atom stereocenters. The number of carbonyl (C=O) groups is 3. The normalized spacial score (nSPS) is 16.2. The summed E-state index contributed by atoms with van der Waals surface area (Å²) >= 11 is 0. The molecule has 1 N–H and O–H groups in total. The summed E-state index contributed by atoms with van der Waals surface area (Å²) in [6.45, 7) is 5.30. The molecule has 2 aliphatic rings. The van der Waals surface area contributed by atoms with Crippen molar-refractivity contribution in [1.82, 2.24) is 19.6 Å². The number of carbonyl (C=O) groups excluding carboxylic acids is 3. The lowest BCUT2D eigenvalue weighted by Crippen LogP contribution is -2.48. The Morgan fingerprint density at radius 2 is 1.71 bits per heavy atom. The van der Waals surface area contributed by atoms with Crippen molar-refractivity contribution in [2.45, 2.75) is 70.9 Å². The van der Waals surface area contributed by atoms with E-state index in [1.54, 1.807) is 12.5 Å². The monoisotopic (exact) mass is 734 g/mol. The van der Waals surface area contributed by atoms with Crippen molar-refractivity contribution in [3.8, 4) is 5.69 Å². The highest BCUT2D eigenvalue weighted by Crippen LogP contribution is 2.41. The largest absolute Gasteiger partial charge is 0.416 e. The van der Waals surface area contributed by atoms with Crippen molar-refractivity contribution in [1.29, 1.82) is 0 Å². The molecule has 0 radical (unpaired) electrons. The number of amides is 3. The Bertz CT molecular complexity index is 1860. The van der Waals surface area contributed by atoms with Gasteiger partial charge in [0.1, 0.15) is 17.9 Å². The van der Waals surface area contributed by atoms with Gasteiger partial charge in [0.15, 0.2) is 0 Å². The molecule has 1 unspecified atom stereocenters. The van der Waals surface area contributed by atoms with Gasteiger partial charge in [0, 0.05) is 41.3 Å². The molecule has 1 saturated carbocycles. The zero-order valence-electron chi connectivity index (χ0n) is 28.3. The van der Waals surface area contributed by atoms with Gasteiger partial charge in [-0.15, -0.1) is 5.12 Å². The Kier molecular flexibility index (Phi) is 12.0. The number of alkyl halides is 5. The molecule has 2 aromatic carbocycles. The van der Waals surface area contributed by atoms with Crippen molar-refractivity contribution >= 4 is 38.4 Å². The average molecular weight is 735 g/mol. The van der Waals surface area contributed by atoms with E-state index in [0.717, 1.165) is 55.4 Å². The lowest BCUT2D eigenvalue weighted by atomic mass is 10.1. The van der Waals surface area contributed by atoms with Gasteiger partial charge in [-0.3, -0.25) is 19.4 Å². The number of aliphatic imine (C=N–C) groups is 1. The maximum absolute atomic E-state index is 13.5. The third kappa shape index (κ3) is 9.32. The molecule has 5 rings (SSSR count). The molecule has 272 valence electrons. The maximum atomic E-state index is 13.5. The minimum atomic E-state index is -4.52. The van der Waals surface area contributed by atoms with Gasteiger partial charge in [0.2, 0.25) is 5.91 Å². The second kappa shape index (κ2) is 15.6. The molecule has 0 saturated heterocycles. The highest BCUT2D eigenvalue weighted by Gasteiger charge is 2.49. The van der Waals surface area contributed by atoms with E-state index in [0.29, 0.717) is 18.4 Å². The molecule has 1 aromatic heterocycles. The van der Waals surface area contributed by atoms with Crippen LogP contribution < -0.4 is 5.32 Å². The van der Waals surface area contributed by atoms with Crippen molar-refractivity contribution in [3.05, 3.63) is 101 Å². The van der Waals surface area contributed by atoms with Crippen LogP contribution in [0.1, 0.15) is 63.3 Å². The minimum absolute atomic E-state index is 0.0217. The lowest BCUT2D eigenvalue weighted by Gasteiger charge is -2.32. The van der Waals surface area contributed by atoms with Crippen LogP contribution in [0.4, 0.5) is 32.1 Å². The van der Waals surface area contributed by atoms with Gasteiger partial charge in [0.05, 0.1) is 17.6 Å². The van der Waals surface area contributed by atoms with E-state index in [4.69, 9.17) is 4.99 Å². The quantitative estimate of drug-likeness (QED) is 0.111. The van der Waals surface area contributed by atoms with Crippen molar-refractivity contribution in [3.63, 3.8) is 0 Å². The van der Waals surface area contributed by atoms with Gasteiger partial charge < -0.3 is 14.8 Å². The van der Waals surface area contributed by atoms with Crippen LogP contribution in [0, 0.1) is 6.92 Å². The van der Waals surface area contributed by atoms with Crippen molar-refractivity contribution in [2.24, 2.45) is 4.99 Å². The summed E-state index contributed by atoms with van der Waals surface area (Å²) in [5.41, 5.74) is -2.52. The van der Waals surface area contributed by atoms with Crippen molar-refractivity contribution < 1.29 is 40.8 Å². The number of nitrogens with one attached hydrogen (secondary N) is 1. The average Bonchev–Trinajstić information content (AvgIpc) is 3.79. The maximum Gasteiger partial charge on any atom is 0.416 e. The Balaban J connectivity index is 0.000000330. The van der Waals surface area contributed by atoms with E-state index in [1.165, 1.54) is 40.1 Å². The van der Waals surface area contributed by atoms with E-state index in [-0.39, 0.29) is 40.2 Å². The predicted octanol–water partition coefficient (Wildman–Crippen LogP) is 7.78. The molecule has 1 aliphatic heterocycles. The highest BCUT2D eigenvalue weighted by atomic mass is 31.0. The number of anilines is 1. The molecule has 51 heavy (non-hydrogen) atoms. The Morgan fingerprint density at radius 1 is 1.06 bits per heavy atom. The van der Waals surface area contributed by atoms with Crippen LogP contribution in [0.5, 0.6) is 0 Å². The van der Waals surface area contributed by atoms with Gasteiger partial charge in [-0.1, -0.05) is 38.0 Å². The van der Waals surface area contributed by atoms with E-state index < -0.39 is 34.9 Å². The summed E-state index contributed by atoms with van der Waals surface area (Å²) in [6, 6.07) is 11.8. The Labute approximate surface area is 293 Å². The number of hydrogen-bond acceptors (Lipinski definition) is 5. The summed E-state index contributed by atoms with van der Waals surface area (Å²) in [6.07, 6.45) is 4.03.